The van der Waals surface area contributed by atoms with E-state index in [2.05, 4.69) is 10.1 Å². The Morgan fingerprint density at radius 1 is 1.33 bits per heavy atom. The highest BCUT2D eigenvalue weighted by Crippen LogP contribution is 2.33. The van der Waals surface area contributed by atoms with Gasteiger partial charge in [0.05, 0.1) is 11.3 Å². The number of benzene rings is 1. The number of Topliss-reactive ketones (excluding diaryl/α,β-unsaturated/α-hetero) is 1. The van der Waals surface area contributed by atoms with E-state index in [9.17, 15) is 14.0 Å². The van der Waals surface area contributed by atoms with Crippen LogP contribution in [-0.2, 0) is 17.8 Å². The number of anilines is 1. The molecule has 0 spiro atoms. The number of halogens is 1. The molecule has 1 aromatic heterocycles. The molecule has 2 aromatic rings. The number of hydrogen-bond acceptors (Lipinski definition) is 5. The van der Waals surface area contributed by atoms with Crippen molar-refractivity contribution >= 4 is 17.4 Å². The summed E-state index contributed by atoms with van der Waals surface area (Å²) in [6.07, 6.45) is 0.584. The minimum atomic E-state index is -0.786. The zero-order valence-corrected chi connectivity index (χ0v) is 11.5. The number of nitrogens with zero attached hydrogens (tertiary/aromatic N) is 3. The highest BCUT2D eigenvalue weighted by Gasteiger charge is 2.39. The highest BCUT2D eigenvalue weighted by molar-refractivity contribution is 6.52. The fraction of sp³-hybridized carbons (Fsp3) is 0.286. The van der Waals surface area contributed by atoms with Crippen molar-refractivity contribution in [1.29, 1.82) is 0 Å². The van der Waals surface area contributed by atoms with Gasteiger partial charge in [0.2, 0.25) is 5.89 Å². The fourth-order valence-electron chi connectivity index (χ4n) is 2.31. The van der Waals surface area contributed by atoms with Gasteiger partial charge in [0.1, 0.15) is 12.4 Å². The van der Waals surface area contributed by atoms with E-state index in [0.29, 0.717) is 17.8 Å². The third kappa shape index (κ3) is 2.10. The van der Waals surface area contributed by atoms with Crippen LogP contribution in [0.4, 0.5) is 10.1 Å². The number of aromatic nitrogens is 2. The molecule has 1 amide bonds. The smallest absolute Gasteiger partial charge is 0.300 e. The standard InChI is InChI=1S/C14H12FN3O3/c1-3-10-16-11(21-17-10)6-18-12-8(13(19)14(18)20)4-7(2)5-9(12)15/h4-5H,3,6H2,1-2H3. The summed E-state index contributed by atoms with van der Waals surface area (Å²) in [6, 6.07) is 2.78. The molecule has 0 fully saturated rings. The lowest BCUT2D eigenvalue weighted by atomic mass is 10.1. The van der Waals surface area contributed by atoms with Crippen LogP contribution >= 0.6 is 0 Å². The number of ketones is 1. The quantitative estimate of drug-likeness (QED) is 0.805. The number of carbonyl (C=O) groups is 2. The first-order valence-corrected chi connectivity index (χ1v) is 6.49. The van der Waals surface area contributed by atoms with Gasteiger partial charge in [-0.15, -0.1) is 0 Å². The van der Waals surface area contributed by atoms with Gasteiger partial charge in [0, 0.05) is 6.42 Å². The van der Waals surface area contributed by atoms with Crippen molar-refractivity contribution in [3.05, 3.63) is 40.8 Å². The maximum Gasteiger partial charge on any atom is 0.300 e. The average molecular weight is 289 g/mol. The second kappa shape index (κ2) is 4.76. The SMILES string of the molecule is CCc1noc(CN2C(=O)C(=O)c3cc(C)cc(F)c32)n1. The third-order valence-corrected chi connectivity index (χ3v) is 3.28. The molecular formula is C14H12FN3O3. The van der Waals surface area contributed by atoms with Gasteiger partial charge in [0.15, 0.2) is 5.82 Å². The van der Waals surface area contributed by atoms with E-state index in [1.54, 1.807) is 6.92 Å². The topological polar surface area (TPSA) is 76.3 Å². The summed E-state index contributed by atoms with van der Waals surface area (Å²) in [4.78, 5) is 29.1. The van der Waals surface area contributed by atoms with Crippen molar-refractivity contribution in [2.75, 3.05) is 4.90 Å². The molecule has 3 rings (SSSR count). The Hall–Kier alpha value is -2.57. The van der Waals surface area contributed by atoms with Gasteiger partial charge in [-0.2, -0.15) is 4.98 Å². The lowest BCUT2D eigenvalue weighted by molar-refractivity contribution is -0.114. The van der Waals surface area contributed by atoms with Crippen molar-refractivity contribution in [2.24, 2.45) is 0 Å². The van der Waals surface area contributed by atoms with Gasteiger partial charge >= 0.3 is 0 Å². The first-order chi connectivity index (χ1) is 10.0. The molecule has 0 saturated heterocycles. The normalized spacial score (nSPS) is 14.0. The number of carbonyl (C=O) groups excluding carboxylic acids is 2. The summed E-state index contributed by atoms with van der Waals surface area (Å²) < 4.78 is 19.1. The Balaban J connectivity index is 2.01. The molecule has 1 aromatic carbocycles. The molecule has 0 radical (unpaired) electrons. The zero-order valence-electron chi connectivity index (χ0n) is 11.5. The van der Waals surface area contributed by atoms with Gasteiger partial charge in [-0.1, -0.05) is 12.1 Å². The van der Waals surface area contributed by atoms with Crippen LogP contribution in [0.2, 0.25) is 0 Å². The molecule has 1 aliphatic rings. The van der Waals surface area contributed by atoms with Crippen molar-refractivity contribution in [3.8, 4) is 0 Å². The van der Waals surface area contributed by atoms with Crippen molar-refractivity contribution in [3.63, 3.8) is 0 Å². The van der Waals surface area contributed by atoms with Crippen molar-refractivity contribution in [2.45, 2.75) is 26.8 Å². The number of amides is 1. The summed E-state index contributed by atoms with van der Waals surface area (Å²) >= 11 is 0. The van der Waals surface area contributed by atoms with Gasteiger partial charge in [0.25, 0.3) is 11.7 Å². The molecule has 21 heavy (non-hydrogen) atoms. The highest BCUT2D eigenvalue weighted by atomic mass is 19.1. The molecule has 1 aliphatic heterocycles. The molecule has 0 atom stereocenters. The van der Waals surface area contributed by atoms with Crippen LogP contribution in [0.5, 0.6) is 0 Å². The minimum Gasteiger partial charge on any atom is -0.337 e. The lowest BCUT2D eigenvalue weighted by Crippen LogP contribution is -2.29. The van der Waals surface area contributed by atoms with Crippen LogP contribution in [0.3, 0.4) is 0 Å². The van der Waals surface area contributed by atoms with Crippen LogP contribution in [0, 0.1) is 12.7 Å². The fourth-order valence-corrected chi connectivity index (χ4v) is 2.31. The lowest BCUT2D eigenvalue weighted by Gasteiger charge is -2.14. The average Bonchev–Trinajstić information content (AvgIpc) is 2.98. The number of fused-ring (bicyclic) bond motifs is 1. The molecule has 2 heterocycles. The van der Waals surface area contributed by atoms with Crippen LogP contribution in [-0.4, -0.2) is 21.8 Å². The maximum absolute atomic E-state index is 14.1. The summed E-state index contributed by atoms with van der Waals surface area (Å²) in [6.45, 7) is 3.40. The second-order valence-corrected chi connectivity index (χ2v) is 4.82. The van der Waals surface area contributed by atoms with E-state index >= 15 is 0 Å². The summed E-state index contributed by atoms with van der Waals surface area (Å²) in [5, 5.41) is 3.71. The van der Waals surface area contributed by atoms with E-state index < -0.39 is 17.5 Å². The van der Waals surface area contributed by atoms with Gasteiger partial charge in [-0.3, -0.25) is 14.5 Å². The van der Waals surface area contributed by atoms with E-state index in [4.69, 9.17) is 4.52 Å². The van der Waals surface area contributed by atoms with E-state index in [1.807, 2.05) is 6.92 Å². The molecule has 0 N–H and O–H groups in total. The van der Waals surface area contributed by atoms with E-state index in [-0.39, 0.29) is 23.7 Å². The Kier molecular flexibility index (Phi) is 3.04. The number of rotatable bonds is 3. The Morgan fingerprint density at radius 3 is 2.76 bits per heavy atom. The first-order valence-electron chi connectivity index (χ1n) is 6.49. The first kappa shape index (κ1) is 13.4. The van der Waals surface area contributed by atoms with Gasteiger partial charge in [-0.05, 0) is 24.6 Å². The predicted octanol–water partition coefficient (Wildman–Crippen LogP) is 1.81. The second-order valence-electron chi connectivity index (χ2n) is 4.82. The third-order valence-electron chi connectivity index (χ3n) is 3.28. The minimum absolute atomic E-state index is 0.0214. The monoisotopic (exact) mass is 289 g/mol. The summed E-state index contributed by atoms with van der Waals surface area (Å²) in [7, 11) is 0. The Labute approximate surface area is 119 Å². The van der Waals surface area contributed by atoms with Crippen molar-refractivity contribution in [1.82, 2.24) is 10.1 Å². The van der Waals surface area contributed by atoms with Crippen molar-refractivity contribution < 1.29 is 18.5 Å². The Bertz CT molecular complexity index is 754. The van der Waals surface area contributed by atoms with E-state index in [0.717, 1.165) is 4.90 Å². The molecule has 0 unspecified atom stereocenters. The van der Waals surface area contributed by atoms with Gasteiger partial charge < -0.3 is 4.52 Å². The van der Waals surface area contributed by atoms with Crippen LogP contribution in [0.15, 0.2) is 16.7 Å². The molecule has 108 valence electrons. The van der Waals surface area contributed by atoms with Crippen LogP contribution < -0.4 is 4.90 Å². The number of hydrogen-bond donors (Lipinski definition) is 0. The van der Waals surface area contributed by atoms with Gasteiger partial charge in [-0.25, -0.2) is 4.39 Å². The summed E-state index contributed by atoms with van der Waals surface area (Å²) in [5.74, 6) is -1.46. The molecular weight excluding hydrogens is 277 g/mol. The maximum atomic E-state index is 14.1. The largest absolute Gasteiger partial charge is 0.337 e. The predicted molar refractivity (Wildman–Crippen MR) is 70.3 cm³/mol. The molecule has 7 heteroatoms. The van der Waals surface area contributed by atoms with E-state index in [1.165, 1.54) is 12.1 Å². The number of aryl methyl sites for hydroxylation is 2. The molecule has 6 nitrogen and oxygen atoms in total. The molecule has 0 bridgehead atoms. The summed E-state index contributed by atoms with van der Waals surface area (Å²) in [5.41, 5.74) is 0.639. The Morgan fingerprint density at radius 2 is 2.10 bits per heavy atom. The van der Waals surface area contributed by atoms with Crippen LogP contribution in [0.25, 0.3) is 0 Å². The van der Waals surface area contributed by atoms with Crippen LogP contribution in [0.1, 0.15) is 34.6 Å². The molecule has 0 aliphatic carbocycles. The molecule has 0 saturated carbocycles. The zero-order chi connectivity index (χ0) is 15.1.